The van der Waals surface area contributed by atoms with Crippen molar-refractivity contribution in [3.05, 3.63) is 83.0 Å². The predicted molar refractivity (Wildman–Crippen MR) is 131 cm³/mol. The van der Waals surface area contributed by atoms with Crippen molar-refractivity contribution in [3.63, 3.8) is 0 Å². The molecule has 3 aromatic carbocycles. The van der Waals surface area contributed by atoms with Crippen LogP contribution in [0.2, 0.25) is 5.02 Å². The summed E-state index contributed by atoms with van der Waals surface area (Å²) in [6, 6.07) is 18.5. The number of hydrogen-bond donors (Lipinski definition) is 1. The van der Waals surface area contributed by atoms with E-state index in [4.69, 9.17) is 16.6 Å². The van der Waals surface area contributed by atoms with Crippen LogP contribution >= 0.6 is 11.6 Å². The number of imidazole rings is 1. The third-order valence-electron chi connectivity index (χ3n) is 5.90. The Morgan fingerprint density at radius 3 is 2.21 bits per heavy atom. The van der Waals surface area contributed by atoms with Crippen LogP contribution in [0.3, 0.4) is 0 Å². The maximum atomic E-state index is 13.2. The fourth-order valence-electron chi connectivity index (χ4n) is 4.28. The van der Waals surface area contributed by atoms with Gasteiger partial charge in [-0.2, -0.15) is 13.2 Å². The second-order valence-electron chi connectivity index (χ2n) is 9.30. The number of hydrogen-bond acceptors (Lipinski definition) is 2. The van der Waals surface area contributed by atoms with Gasteiger partial charge in [0.25, 0.3) is 0 Å². The van der Waals surface area contributed by atoms with E-state index in [1.165, 1.54) is 0 Å². The van der Waals surface area contributed by atoms with Crippen LogP contribution < -0.4 is 0 Å². The molecule has 0 aliphatic rings. The van der Waals surface area contributed by atoms with Gasteiger partial charge in [0, 0.05) is 17.3 Å². The molecule has 34 heavy (non-hydrogen) atoms. The zero-order chi connectivity index (χ0) is 24.3. The van der Waals surface area contributed by atoms with Crippen molar-refractivity contribution >= 4 is 33.4 Å². The molecule has 0 unspecified atom stereocenters. The van der Waals surface area contributed by atoms with Crippen LogP contribution in [-0.2, 0) is 11.6 Å². The molecule has 0 saturated heterocycles. The lowest BCUT2D eigenvalue weighted by Gasteiger charge is -2.25. The Balaban J connectivity index is 1.84. The zero-order valence-corrected chi connectivity index (χ0v) is 19.5. The molecular weight excluding hydrogens is 459 g/mol. The van der Waals surface area contributed by atoms with E-state index in [-0.39, 0.29) is 10.4 Å². The maximum absolute atomic E-state index is 13.2. The van der Waals surface area contributed by atoms with Crippen LogP contribution in [0.15, 0.2) is 66.9 Å². The Bertz CT molecular complexity index is 1510. The first-order valence-corrected chi connectivity index (χ1v) is 11.2. The molecule has 0 spiro atoms. The quantitative estimate of drug-likeness (QED) is 0.276. The number of nitrogens with one attached hydrogen (secondary N) is 1. The number of rotatable bonds is 2. The Kier molecular flexibility index (Phi) is 5.17. The van der Waals surface area contributed by atoms with Crippen LogP contribution in [0.25, 0.3) is 44.5 Å². The first-order chi connectivity index (χ1) is 16.0. The summed E-state index contributed by atoms with van der Waals surface area (Å²) in [5.41, 5.74) is 3.54. The molecule has 5 aromatic rings. The summed E-state index contributed by atoms with van der Waals surface area (Å²) in [5.74, 6) is 0.736. The van der Waals surface area contributed by atoms with Gasteiger partial charge >= 0.3 is 6.18 Å². The monoisotopic (exact) mass is 479 g/mol. The normalized spacial score (nSPS) is 12.6. The van der Waals surface area contributed by atoms with E-state index in [1.54, 1.807) is 0 Å². The van der Waals surface area contributed by atoms with E-state index in [0.29, 0.717) is 11.3 Å². The number of para-hydroxylation sites is 2. The standard InChI is InChI=1S/C27H21ClF3N3/c1-26(2,3)19-13-18(24-20(28)12-15(14-32-24)27(29,30)31)16-8-4-5-9-17(16)23(19)25-33-21-10-6-7-11-22(21)34-25/h4-14H,1-3H3,(H,33,34). The second-order valence-corrected chi connectivity index (χ2v) is 9.70. The first-order valence-electron chi connectivity index (χ1n) is 10.8. The van der Waals surface area contributed by atoms with Crippen molar-refractivity contribution in [1.29, 1.82) is 0 Å². The molecular formula is C27H21ClF3N3. The highest BCUT2D eigenvalue weighted by atomic mass is 35.5. The minimum atomic E-state index is -4.51. The highest BCUT2D eigenvalue weighted by molar-refractivity contribution is 6.33. The molecule has 2 aromatic heterocycles. The molecule has 0 saturated carbocycles. The highest BCUT2D eigenvalue weighted by Crippen LogP contribution is 2.44. The number of pyridine rings is 1. The van der Waals surface area contributed by atoms with Gasteiger partial charge in [-0.1, -0.05) is 68.8 Å². The average molecular weight is 480 g/mol. The molecule has 5 rings (SSSR count). The SMILES string of the molecule is CC(C)(C)c1cc(-c2ncc(C(F)(F)F)cc2Cl)c2ccccc2c1-c1nc2ccccc2[nH]1. The second kappa shape index (κ2) is 7.84. The number of benzene rings is 3. The summed E-state index contributed by atoms with van der Waals surface area (Å²) >= 11 is 6.37. The van der Waals surface area contributed by atoms with Crippen molar-refractivity contribution in [2.45, 2.75) is 32.4 Å². The van der Waals surface area contributed by atoms with Gasteiger partial charge in [-0.25, -0.2) is 4.98 Å². The Morgan fingerprint density at radius 2 is 1.56 bits per heavy atom. The highest BCUT2D eigenvalue weighted by Gasteiger charge is 2.32. The lowest BCUT2D eigenvalue weighted by Crippen LogP contribution is -2.14. The fourth-order valence-corrected chi connectivity index (χ4v) is 4.55. The number of fused-ring (bicyclic) bond motifs is 2. The molecule has 0 bridgehead atoms. The largest absolute Gasteiger partial charge is 0.417 e. The Labute approximate surface area is 199 Å². The van der Waals surface area contributed by atoms with Crippen LogP contribution in [-0.4, -0.2) is 15.0 Å². The van der Waals surface area contributed by atoms with Crippen molar-refractivity contribution in [3.8, 4) is 22.6 Å². The molecule has 0 fully saturated rings. The molecule has 0 aliphatic carbocycles. The molecule has 2 heterocycles. The summed E-state index contributed by atoms with van der Waals surface area (Å²) in [6.45, 7) is 6.28. The Morgan fingerprint density at radius 1 is 0.882 bits per heavy atom. The van der Waals surface area contributed by atoms with E-state index >= 15 is 0 Å². The number of nitrogens with zero attached hydrogens (tertiary/aromatic N) is 2. The predicted octanol–water partition coefficient (Wildman–Crippen LogP) is 8.41. The smallest absolute Gasteiger partial charge is 0.338 e. The molecule has 7 heteroatoms. The van der Waals surface area contributed by atoms with Crippen LogP contribution in [0.5, 0.6) is 0 Å². The van der Waals surface area contributed by atoms with Crippen LogP contribution in [0.1, 0.15) is 31.9 Å². The van der Waals surface area contributed by atoms with Crippen LogP contribution in [0.4, 0.5) is 13.2 Å². The molecule has 172 valence electrons. The van der Waals surface area contributed by atoms with Gasteiger partial charge in [0.2, 0.25) is 0 Å². The lowest BCUT2D eigenvalue weighted by molar-refractivity contribution is -0.137. The first kappa shape index (κ1) is 22.4. The zero-order valence-electron chi connectivity index (χ0n) is 18.8. The van der Waals surface area contributed by atoms with Gasteiger partial charge in [-0.05, 0) is 46.0 Å². The molecule has 1 N–H and O–H groups in total. The number of alkyl halides is 3. The summed E-state index contributed by atoms with van der Waals surface area (Å²) in [4.78, 5) is 12.4. The van der Waals surface area contributed by atoms with Gasteiger partial charge in [-0.15, -0.1) is 0 Å². The van der Waals surface area contributed by atoms with E-state index < -0.39 is 11.7 Å². The summed E-state index contributed by atoms with van der Waals surface area (Å²) < 4.78 is 39.6. The van der Waals surface area contributed by atoms with Crippen molar-refractivity contribution in [2.75, 3.05) is 0 Å². The van der Waals surface area contributed by atoms with E-state index in [1.807, 2.05) is 54.6 Å². The molecule has 0 atom stereocenters. The third kappa shape index (κ3) is 3.82. The molecule has 0 amide bonds. The maximum Gasteiger partial charge on any atom is 0.417 e. The molecule has 0 radical (unpaired) electrons. The summed E-state index contributed by atoms with van der Waals surface area (Å²) in [5, 5.41) is 1.71. The summed E-state index contributed by atoms with van der Waals surface area (Å²) in [6.07, 6.45) is -3.68. The third-order valence-corrected chi connectivity index (χ3v) is 6.19. The summed E-state index contributed by atoms with van der Waals surface area (Å²) in [7, 11) is 0. The number of aromatic nitrogens is 3. The molecule has 0 aliphatic heterocycles. The Hall–Kier alpha value is -3.38. The van der Waals surface area contributed by atoms with Crippen molar-refractivity contribution in [1.82, 2.24) is 15.0 Å². The average Bonchev–Trinajstić information content (AvgIpc) is 3.20. The number of H-pyrrole nitrogens is 1. The van der Waals surface area contributed by atoms with Gasteiger partial charge in [0.15, 0.2) is 0 Å². The fraction of sp³-hybridized carbons (Fsp3) is 0.185. The van der Waals surface area contributed by atoms with E-state index in [0.717, 1.165) is 51.0 Å². The topological polar surface area (TPSA) is 41.6 Å². The minimum absolute atomic E-state index is 0.0451. The van der Waals surface area contributed by atoms with Gasteiger partial charge in [0.05, 0.1) is 27.3 Å². The number of halogens is 4. The van der Waals surface area contributed by atoms with Gasteiger partial charge < -0.3 is 4.98 Å². The van der Waals surface area contributed by atoms with Crippen molar-refractivity contribution in [2.24, 2.45) is 0 Å². The minimum Gasteiger partial charge on any atom is -0.338 e. The van der Waals surface area contributed by atoms with Crippen molar-refractivity contribution < 1.29 is 13.2 Å². The lowest BCUT2D eigenvalue weighted by atomic mass is 9.79. The van der Waals surface area contributed by atoms with Crippen LogP contribution in [0, 0.1) is 0 Å². The van der Waals surface area contributed by atoms with Gasteiger partial charge in [-0.3, -0.25) is 4.98 Å². The van der Waals surface area contributed by atoms with E-state index in [2.05, 4.69) is 30.7 Å². The molecule has 3 nitrogen and oxygen atoms in total. The van der Waals surface area contributed by atoms with E-state index in [9.17, 15) is 13.2 Å². The van der Waals surface area contributed by atoms with Gasteiger partial charge in [0.1, 0.15) is 5.82 Å². The number of aromatic amines is 1.